The van der Waals surface area contributed by atoms with Crippen LogP contribution in [0.3, 0.4) is 0 Å². The van der Waals surface area contributed by atoms with E-state index in [-0.39, 0.29) is 43.6 Å². The highest BCUT2D eigenvalue weighted by molar-refractivity contribution is 7.89. The van der Waals surface area contributed by atoms with Crippen molar-refractivity contribution in [1.29, 1.82) is 0 Å². The lowest BCUT2D eigenvalue weighted by atomic mass is 8.68. The number of hydrogen-bond acceptors (Lipinski definition) is 7. The largest absolute Gasteiger partial charge is 0.383 e. The van der Waals surface area contributed by atoms with Crippen LogP contribution in [0.25, 0.3) is 22.3 Å². The smallest absolute Gasteiger partial charge is 0.282 e. The molecule has 0 aromatic carbocycles. The molecular formula is C24H13B15Cl5N8O2. The number of aromatic amines is 1. The van der Waals surface area contributed by atoms with Crippen LogP contribution in [0.5, 0.6) is 0 Å². The summed E-state index contributed by atoms with van der Waals surface area (Å²) in [7, 11) is 47.4. The fraction of sp³-hybridized carbons (Fsp3) is 0. The summed E-state index contributed by atoms with van der Waals surface area (Å²) in [6.07, 6.45) is 5.79. The van der Waals surface area contributed by atoms with Crippen molar-refractivity contribution >= 4 is 189 Å². The lowest BCUT2D eigenvalue weighted by Gasteiger charge is -2.13. The van der Waals surface area contributed by atoms with Crippen molar-refractivity contribution in [2.24, 2.45) is 10.7 Å². The first-order valence-corrected chi connectivity index (χ1v) is 16.8. The SMILES string of the molecule is NC(=NC(=O)c1c(Cl)cncc1Cl)c1ccnc(Cl)c1.O=c1[nH]c(-c2ccnc(Cl)c2)nc2cncc(Cl)c12.[B]B([B])B([B])B([B])[B].[B][B]B([B])B([B])[B]. The Balaban J connectivity index is 0.000000275. The Morgan fingerprint density at radius 2 is 1.31 bits per heavy atom. The van der Waals surface area contributed by atoms with E-state index in [0.29, 0.717) is 33.0 Å². The third-order valence-electron chi connectivity index (χ3n) is 6.44. The number of rotatable bonds is 7. The first kappa shape index (κ1) is 47.5. The molecule has 54 heavy (non-hydrogen) atoms. The van der Waals surface area contributed by atoms with Gasteiger partial charge in [-0.1, -0.05) is 58.0 Å². The number of amidine groups is 1. The third-order valence-corrected chi connectivity index (χ3v) is 7.71. The molecule has 1 amide bonds. The van der Waals surface area contributed by atoms with Gasteiger partial charge in [0.1, 0.15) is 22.0 Å². The van der Waals surface area contributed by atoms with Gasteiger partial charge >= 0.3 is 0 Å². The number of fused-ring (bicyclic) bond motifs is 1. The summed E-state index contributed by atoms with van der Waals surface area (Å²) in [5.74, 6) is -0.276. The summed E-state index contributed by atoms with van der Waals surface area (Å²) in [6, 6.07) is 6.38. The molecule has 0 bridgehead atoms. The number of halogens is 5. The van der Waals surface area contributed by atoms with Gasteiger partial charge in [0.15, 0.2) is 0 Å². The molecule has 0 saturated carbocycles. The van der Waals surface area contributed by atoms with Crippen LogP contribution in [0.1, 0.15) is 15.9 Å². The zero-order valence-corrected chi connectivity index (χ0v) is 31.7. The standard InChI is InChI=1S/C12H7Cl3N4O.C12H6Cl2N4O.B8.B7/c13-7-4-17-5-8(14)10(7)12(20)19-11(16)6-1-2-18-9(15)3-6;13-7-4-15-5-8-10(7)12(19)18-11(17-8)6-1-2-16-9(14)3-6;1-6(2)8(5)7(3)4;1-5-7(4)6(2)3/h1-5H,(H2,16,19,20);1-5H,(H,17,18,19);;. The van der Waals surface area contributed by atoms with Crippen molar-refractivity contribution in [3.8, 4) is 11.4 Å². The average Bonchev–Trinajstić information content (AvgIpc) is 3.11. The summed E-state index contributed by atoms with van der Waals surface area (Å²) >= 11 is 29.2. The third kappa shape index (κ3) is 15.1. The molecule has 5 heterocycles. The van der Waals surface area contributed by atoms with E-state index in [4.69, 9.17) is 133 Å². The molecule has 0 spiro atoms. The van der Waals surface area contributed by atoms with Crippen molar-refractivity contribution in [2.75, 3.05) is 0 Å². The molecule has 241 valence electrons. The Kier molecular flexibility index (Phi) is 20.6. The van der Waals surface area contributed by atoms with Gasteiger partial charge in [0.2, 0.25) is 0 Å². The van der Waals surface area contributed by atoms with Crippen molar-refractivity contribution in [3.05, 3.63) is 108 Å². The first-order valence-electron chi connectivity index (χ1n) is 14.9. The van der Waals surface area contributed by atoms with Crippen LogP contribution in [0.4, 0.5) is 0 Å². The van der Waals surface area contributed by atoms with Gasteiger partial charge < -0.3 is 10.7 Å². The van der Waals surface area contributed by atoms with E-state index in [0.717, 1.165) is 0 Å². The minimum absolute atomic E-state index is 0.0109. The number of hydrogen-bond donors (Lipinski definition) is 2. The fourth-order valence-corrected chi connectivity index (χ4v) is 4.64. The number of carbonyl (C=O) groups excluding carboxylic acids is 1. The molecular weight excluding hydrogens is 772 g/mol. The van der Waals surface area contributed by atoms with Crippen LogP contribution in [0.2, 0.25) is 25.4 Å². The highest BCUT2D eigenvalue weighted by Crippen LogP contribution is 2.24. The van der Waals surface area contributed by atoms with Crippen molar-refractivity contribution in [1.82, 2.24) is 29.9 Å². The topological polar surface area (TPSA) is 153 Å². The highest BCUT2D eigenvalue weighted by Gasteiger charge is 2.16. The van der Waals surface area contributed by atoms with E-state index in [2.05, 4.69) is 34.9 Å². The van der Waals surface area contributed by atoms with Gasteiger partial charge in [0, 0.05) is 151 Å². The molecule has 3 N–H and O–H groups in total. The summed E-state index contributed by atoms with van der Waals surface area (Å²) < 4.78 is 0. The molecule has 0 aliphatic heterocycles. The zero-order chi connectivity index (χ0) is 40.7. The van der Waals surface area contributed by atoms with Gasteiger partial charge in [-0.25, -0.2) is 15.0 Å². The Labute approximate surface area is 352 Å². The van der Waals surface area contributed by atoms with Gasteiger partial charge in [-0.2, -0.15) is 4.99 Å². The number of amides is 1. The van der Waals surface area contributed by atoms with Crippen LogP contribution >= 0.6 is 58.0 Å². The first-order chi connectivity index (χ1) is 25.4. The summed E-state index contributed by atoms with van der Waals surface area (Å²) in [5, 5.41) is 1.36. The zero-order valence-electron chi connectivity index (χ0n) is 27.9. The van der Waals surface area contributed by atoms with E-state index in [1.807, 2.05) is 0 Å². The van der Waals surface area contributed by atoms with Gasteiger partial charge in [-0.15, -0.1) is 0 Å². The Bertz CT molecular complexity index is 2080. The van der Waals surface area contributed by atoms with E-state index in [9.17, 15) is 9.59 Å². The number of carbonyl (C=O) groups is 1. The predicted octanol–water partition coefficient (Wildman–Crippen LogP) is -0.0426. The Hall–Kier alpha value is -2.70. The van der Waals surface area contributed by atoms with Crippen LogP contribution < -0.4 is 11.3 Å². The molecule has 0 aliphatic rings. The second-order valence-electron chi connectivity index (χ2n) is 10.5. The van der Waals surface area contributed by atoms with Gasteiger partial charge in [-0.3, -0.25) is 19.6 Å². The molecule has 19 radical (unpaired) electrons. The van der Waals surface area contributed by atoms with Crippen LogP contribution in [0, 0.1) is 0 Å². The maximum atomic E-state index is 12.0. The number of nitrogens with two attached hydrogens (primary N) is 1. The molecule has 5 aromatic heterocycles. The molecule has 0 saturated heterocycles. The van der Waals surface area contributed by atoms with E-state index < -0.39 is 31.4 Å². The Morgan fingerprint density at radius 1 is 0.778 bits per heavy atom. The number of nitrogens with one attached hydrogen (secondary N) is 1. The molecule has 10 nitrogen and oxygen atoms in total. The summed E-state index contributed by atoms with van der Waals surface area (Å²) in [6.45, 7) is 0. The average molecular weight is 785 g/mol. The maximum absolute atomic E-state index is 12.0. The van der Waals surface area contributed by atoms with Gasteiger partial charge in [-0.05, 0) is 24.3 Å². The van der Waals surface area contributed by atoms with E-state index in [1.165, 1.54) is 50.3 Å². The van der Waals surface area contributed by atoms with Gasteiger partial charge in [0.25, 0.3) is 11.5 Å². The normalized spacial score (nSPS) is 10.2. The summed E-state index contributed by atoms with van der Waals surface area (Å²) in [4.78, 5) is 50.2. The van der Waals surface area contributed by atoms with Crippen LogP contribution in [0.15, 0.2) is 71.2 Å². The predicted molar refractivity (Wildman–Crippen MR) is 238 cm³/mol. The molecule has 0 aliphatic carbocycles. The van der Waals surface area contributed by atoms with Crippen LogP contribution in [-0.2, 0) is 0 Å². The molecule has 30 heteroatoms. The second-order valence-corrected chi connectivity index (χ2v) is 12.5. The van der Waals surface area contributed by atoms with Crippen LogP contribution in [-0.4, -0.2) is 150 Å². The minimum Gasteiger partial charge on any atom is -0.383 e. The number of H-pyrrole nitrogens is 1. The lowest BCUT2D eigenvalue weighted by molar-refractivity contribution is 0.100. The number of aromatic nitrogens is 6. The van der Waals surface area contributed by atoms with Crippen molar-refractivity contribution in [2.45, 2.75) is 0 Å². The minimum atomic E-state index is -0.659. The second kappa shape index (κ2) is 23.4. The van der Waals surface area contributed by atoms with E-state index in [1.54, 1.807) is 18.2 Å². The van der Waals surface area contributed by atoms with Crippen molar-refractivity contribution < 1.29 is 4.79 Å². The number of aliphatic imine (C=N–C) groups is 1. The van der Waals surface area contributed by atoms with Crippen molar-refractivity contribution in [3.63, 3.8) is 0 Å². The fourth-order valence-electron chi connectivity index (χ4n) is 3.53. The summed E-state index contributed by atoms with van der Waals surface area (Å²) in [5.41, 5.74) is 7.04. The highest BCUT2D eigenvalue weighted by atomic mass is 35.5. The molecule has 5 rings (SSSR count). The number of nitrogens with zero attached hydrogens (tertiary/aromatic N) is 6. The maximum Gasteiger partial charge on any atom is 0.282 e. The molecule has 0 unspecified atom stereocenters. The monoisotopic (exact) mass is 785 g/mol. The van der Waals surface area contributed by atoms with E-state index >= 15 is 0 Å². The molecule has 5 aromatic rings. The number of pyridine rings is 4. The lowest BCUT2D eigenvalue weighted by Crippen LogP contribution is -2.52. The van der Waals surface area contributed by atoms with Gasteiger partial charge in [0.05, 0.1) is 37.7 Å². The quantitative estimate of drug-likeness (QED) is 0.101. The molecule has 0 fully saturated rings. The Morgan fingerprint density at radius 3 is 1.80 bits per heavy atom. The molecule has 0 atom stereocenters.